The van der Waals surface area contributed by atoms with Crippen LogP contribution < -0.4 is 9.64 Å². The molecule has 0 aliphatic carbocycles. The minimum Gasteiger partial charge on any atom is -0.491 e. The lowest BCUT2D eigenvalue weighted by molar-refractivity contribution is 0.322. The molecule has 0 saturated carbocycles. The summed E-state index contributed by atoms with van der Waals surface area (Å²) in [4.78, 5) is 6.66. The van der Waals surface area contributed by atoms with E-state index < -0.39 is 0 Å². The van der Waals surface area contributed by atoms with E-state index in [1.54, 1.807) is 12.3 Å². The van der Waals surface area contributed by atoms with Gasteiger partial charge in [0.1, 0.15) is 5.75 Å². The zero-order valence-electron chi connectivity index (χ0n) is 10.6. The molecule has 19 heavy (non-hydrogen) atoms. The van der Waals surface area contributed by atoms with Crippen molar-refractivity contribution >= 4 is 17.3 Å². The van der Waals surface area contributed by atoms with Crippen LogP contribution in [0.25, 0.3) is 0 Å². The van der Waals surface area contributed by atoms with Crippen LogP contribution in [0.15, 0.2) is 42.6 Å². The van der Waals surface area contributed by atoms with Crippen LogP contribution in [0.3, 0.4) is 0 Å². The topological polar surface area (TPSA) is 25.4 Å². The number of hydrogen-bond acceptors (Lipinski definition) is 3. The number of para-hydroxylation sites is 2. The van der Waals surface area contributed by atoms with Crippen LogP contribution >= 0.6 is 11.6 Å². The Kier molecular flexibility index (Phi) is 3.56. The molecule has 0 saturated heterocycles. The lowest BCUT2D eigenvalue weighted by Crippen LogP contribution is -2.23. The number of halogens is 1. The van der Waals surface area contributed by atoms with Gasteiger partial charge in [0.05, 0.1) is 24.5 Å². The molecule has 4 heteroatoms. The fraction of sp³-hybridized carbons (Fsp3) is 0.267. The molecule has 3 rings (SSSR count). The SMILES string of the molecule is Clc1ccnc(CN2CCCOc3ccccc32)c1. The van der Waals surface area contributed by atoms with Gasteiger partial charge in [0.15, 0.2) is 0 Å². The Hall–Kier alpha value is -1.74. The maximum atomic E-state index is 6.01. The van der Waals surface area contributed by atoms with Crippen molar-refractivity contribution in [3.8, 4) is 5.75 Å². The van der Waals surface area contributed by atoms with E-state index >= 15 is 0 Å². The smallest absolute Gasteiger partial charge is 0.142 e. The average molecular weight is 275 g/mol. The largest absolute Gasteiger partial charge is 0.491 e. The van der Waals surface area contributed by atoms with E-state index in [0.717, 1.165) is 48.3 Å². The molecular weight excluding hydrogens is 260 g/mol. The third-order valence-corrected chi connectivity index (χ3v) is 3.40. The molecular formula is C15H15ClN2O. The first-order valence-corrected chi connectivity index (χ1v) is 6.78. The molecule has 0 amide bonds. The maximum Gasteiger partial charge on any atom is 0.142 e. The number of aromatic nitrogens is 1. The Morgan fingerprint density at radius 1 is 1.26 bits per heavy atom. The van der Waals surface area contributed by atoms with Gasteiger partial charge in [-0.05, 0) is 30.7 Å². The van der Waals surface area contributed by atoms with Crippen LogP contribution in [-0.2, 0) is 6.54 Å². The van der Waals surface area contributed by atoms with E-state index in [9.17, 15) is 0 Å². The predicted molar refractivity (Wildman–Crippen MR) is 76.9 cm³/mol. The fourth-order valence-corrected chi connectivity index (χ4v) is 2.48. The highest BCUT2D eigenvalue weighted by atomic mass is 35.5. The van der Waals surface area contributed by atoms with Crippen molar-refractivity contribution in [3.05, 3.63) is 53.3 Å². The molecule has 3 nitrogen and oxygen atoms in total. The van der Waals surface area contributed by atoms with Gasteiger partial charge in [-0.15, -0.1) is 0 Å². The molecule has 0 unspecified atom stereocenters. The summed E-state index contributed by atoms with van der Waals surface area (Å²) in [5.74, 6) is 0.946. The van der Waals surface area contributed by atoms with Crippen molar-refractivity contribution in [2.75, 3.05) is 18.1 Å². The number of hydrogen-bond donors (Lipinski definition) is 0. The minimum absolute atomic E-state index is 0.726. The Morgan fingerprint density at radius 3 is 3.05 bits per heavy atom. The fourth-order valence-electron chi connectivity index (χ4n) is 2.29. The zero-order valence-corrected chi connectivity index (χ0v) is 11.3. The molecule has 1 aromatic heterocycles. The predicted octanol–water partition coefficient (Wildman–Crippen LogP) is 3.52. The van der Waals surface area contributed by atoms with Crippen LogP contribution in [0.1, 0.15) is 12.1 Å². The number of pyridine rings is 1. The first kappa shape index (κ1) is 12.3. The Bertz CT molecular complexity index is 574. The van der Waals surface area contributed by atoms with Gasteiger partial charge in [-0.25, -0.2) is 0 Å². The molecule has 0 radical (unpaired) electrons. The number of nitrogens with zero attached hydrogens (tertiary/aromatic N) is 2. The molecule has 2 aromatic rings. The third kappa shape index (κ3) is 2.82. The molecule has 0 N–H and O–H groups in total. The van der Waals surface area contributed by atoms with E-state index in [2.05, 4.69) is 16.0 Å². The Balaban J connectivity index is 1.88. The second kappa shape index (κ2) is 5.49. The molecule has 0 bridgehead atoms. The van der Waals surface area contributed by atoms with Crippen molar-refractivity contribution in [3.63, 3.8) is 0 Å². The number of rotatable bonds is 2. The molecule has 0 atom stereocenters. The van der Waals surface area contributed by atoms with Gasteiger partial charge in [-0.1, -0.05) is 23.7 Å². The van der Waals surface area contributed by atoms with Gasteiger partial charge in [0, 0.05) is 17.8 Å². The molecule has 0 fully saturated rings. The first-order chi connectivity index (χ1) is 9.33. The summed E-state index contributed by atoms with van der Waals surface area (Å²) in [6.07, 6.45) is 2.76. The quantitative estimate of drug-likeness (QED) is 0.838. The van der Waals surface area contributed by atoms with Crippen LogP contribution in [-0.4, -0.2) is 18.1 Å². The van der Waals surface area contributed by atoms with Crippen LogP contribution in [0, 0.1) is 0 Å². The summed E-state index contributed by atoms with van der Waals surface area (Å²) in [6, 6.07) is 11.8. The van der Waals surface area contributed by atoms with Crippen molar-refractivity contribution < 1.29 is 4.74 Å². The van der Waals surface area contributed by atoms with Crippen LogP contribution in [0.5, 0.6) is 5.75 Å². The second-order valence-electron chi connectivity index (χ2n) is 4.56. The molecule has 98 valence electrons. The highest BCUT2D eigenvalue weighted by Crippen LogP contribution is 2.31. The summed E-state index contributed by atoms with van der Waals surface area (Å²) in [6.45, 7) is 2.47. The van der Waals surface area contributed by atoms with Gasteiger partial charge in [0.25, 0.3) is 0 Å². The second-order valence-corrected chi connectivity index (χ2v) is 4.99. The minimum atomic E-state index is 0.726. The van der Waals surface area contributed by atoms with E-state index in [-0.39, 0.29) is 0 Å². The van der Waals surface area contributed by atoms with Crippen molar-refractivity contribution in [2.24, 2.45) is 0 Å². The molecule has 0 spiro atoms. The summed E-state index contributed by atoms with van der Waals surface area (Å²) in [5, 5.41) is 0.726. The maximum absolute atomic E-state index is 6.01. The van der Waals surface area contributed by atoms with Gasteiger partial charge >= 0.3 is 0 Å². The lowest BCUT2D eigenvalue weighted by Gasteiger charge is -2.23. The zero-order chi connectivity index (χ0) is 13.1. The average Bonchev–Trinajstić information content (AvgIpc) is 2.62. The van der Waals surface area contributed by atoms with E-state index in [4.69, 9.17) is 16.3 Å². The van der Waals surface area contributed by atoms with Gasteiger partial charge < -0.3 is 9.64 Å². The number of fused-ring (bicyclic) bond motifs is 1. The molecule has 1 aromatic carbocycles. The first-order valence-electron chi connectivity index (χ1n) is 6.40. The monoisotopic (exact) mass is 274 g/mol. The van der Waals surface area contributed by atoms with Crippen molar-refractivity contribution in [1.82, 2.24) is 4.98 Å². The summed E-state index contributed by atoms with van der Waals surface area (Å²) < 4.78 is 5.75. The van der Waals surface area contributed by atoms with E-state index in [1.807, 2.05) is 24.3 Å². The lowest BCUT2D eigenvalue weighted by atomic mass is 10.2. The summed E-state index contributed by atoms with van der Waals surface area (Å²) in [7, 11) is 0. The Labute approximate surface area is 117 Å². The molecule has 1 aliphatic heterocycles. The van der Waals surface area contributed by atoms with E-state index in [0.29, 0.717) is 0 Å². The standard InChI is InChI=1S/C15H15ClN2O/c16-12-6-7-17-13(10-12)11-18-8-3-9-19-15-5-2-1-4-14(15)18/h1-2,4-7,10H,3,8-9,11H2. The number of anilines is 1. The molecule has 1 aliphatic rings. The van der Waals surface area contributed by atoms with Crippen molar-refractivity contribution in [1.29, 1.82) is 0 Å². The summed E-state index contributed by atoms with van der Waals surface area (Å²) in [5.41, 5.74) is 2.10. The van der Waals surface area contributed by atoms with Gasteiger partial charge in [0.2, 0.25) is 0 Å². The summed E-state index contributed by atoms with van der Waals surface area (Å²) >= 11 is 6.01. The Morgan fingerprint density at radius 2 is 2.16 bits per heavy atom. The molecule has 2 heterocycles. The highest BCUT2D eigenvalue weighted by molar-refractivity contribution is 6.30. The highest BCUT2D eigenvalue weighted by Gasteiger charge is 2.16. The number of ether oxygens (including phenoxy) is 1. The van der Waals surface area contributed by atoms with Crippen LogP contribution in [0.2, 0.25) is 5.02 Å². The normalized spacial score (nSPS) is 14.5. The number of benzene rings is 1. The van der Waals surface area contributed by atoms with Crippen LogP contribution in [0.4, 0.5) is 5.69 Å². The van der Waals surface area contributed by atoms with Gasteiger partial charge in [-0.2, -0.15) is 0 Å². The van der Waals surface area contributed by atoms with Gasteiger partial charge in [-0.3, -0.25) is 4.98 Å². The van der Waals surface area contributed by atoms with Crippen molar-refractivity contribution in [2.45, 2.75) is 13.0 Å². The van der Waals surface area contributed by atoms with E-state index in [1.165, 1.54) is 0 Å². The third-order valence-electron chi connectivity index (χ3n) is 3.17.